The van der Waals surface area contributed by atoms with Gasteiger partial charge in [0.1, 0.15) is 0 Å². The van der Waals surface area contributed by atoms with Crippen LogP contribution in [0.1, 0.15) is 24.5 Å². The lowest BCUT2D eigenvalue weighted by molar-refractivity contribution is 0.246. The Hall–Kier alpha value is -1.56. The minimum absolute atomic E-state index is 0.0947. The van der Waals surface area contributed by atoms with E-state index in [1.54, 1.807) is 12.1 Å². The monoisotopic (exact) mass is 270 g/mol. The summed E-state index contributed by atoms with van der Waals surface area (Å²) in [5.41, 5.74) is 1.87. The molecule has 0 aliphatic heterocycles. The average Bonchev–Trinajstić information content (AvgIpc) is 2.29. The van der Waals surface area contributed by atoms with Crippen LogP contribution in [0.25, 0.3) is 0 Å². The Morgan fingerprint density at radius 2 is 1.89 bits per heavy atom. The average molecular weight is 270 g/mol. The van der Waals surface area contributed by atoms with E-state index in [2.05, 4.69) is 5.32 Å². The highest BCUT2D eigenvalue weighted by atomic mass is 32.2. The van der Waals surface area contributed by atoms with Crippen molar-refractivity contribution in [1.82, 2.24) is 10.0 Å². The van der Waals surface area contributed by atoms with Crippen LogP contribution in [0.3, 0.4) is 0 Å². The molecule has 0 aliphatic rings. The Kier molecular flexibility index (Phi) is 4.72. The van der Waals surface area contributed by atoms with Gasteiger partial charge in [0, 0.05) is 6.54 Å². The summed E-state index contributed by atoms with van der Waals surface area (Å²) in [6.45, 7) is 6.05. The molecular formula is C12H18N2O3S. The first-order valence-corrected chi connectivity index (χ1v) is 7.23. The Morgan fingerprint density at radius 3 is 2.44 bits per heavy atom. The highest BCUT2D eigenvalue weighted by Gasteiger charge is 2.17. The first-order chi connectivity index (χ1) is 8.36. The molecule has 1 aromatic carbocycles. The van der Waals surface area contributed by atoms with E-state index in [1.807, 2.05) is 25.5 Å². The highest BCUT2D eigenvalue weighted by molar-refractivity contribution is 7.90. The summed E-state index contributed by atoms with van der Waals surface area (Å²) < 4.78 is 25.8. The maximum atomic E-state index is 11.9. The molecule has 0 saturated carbocycles. The largest absolute Gasteiger partial charge is 0.337 e. The molecule has 6 heteroatoms. The maximum absolute atomic E-state index is 11.9. The summed E-state index contributed by atoms with van der Waals surface area (Å²) in [5.74, 6) is 0. The molecule has 0 aliphatic carbocycles. The van der Waals surface area contributed by atoms with Gasteiger partial charge in [-0.2, -0.15) is 0 Å². The Balaban J connectivity index is 2.86. The summed E-state index contributed by atoms with van der Waals surface area (Å²) >= 11 is 0. The van der Waals surface area contributed by atoms with Crippen molar-refractivity contribution in [3.8, 4) is 0 Å². The van der Waals surface area contributed by atoms with E-state index < -0.39 is 16.1 Å². The Labute approximate surface area is 108 Å². The van der Waals surface area contributed by atoms with Crippen molar-refractivity contribution in [3.05, 3.63) is 29.3 Å². The predicted molar refractivity (Wildman–Crippen MR) is 69.9 cm³/mol. The number of hydrogen-bond donors (Lipinski definition) is 2. The first kappa shape index (κ1) is 14.5. The number of rotatable bonds is 4. The topological polar surface area (TPSA) is 75.3 Å². The molecule has 5 nitrogen and oxygen atoms in total. The number of urea groups is 1. The van der Waals surface area contributed by atoms with Crippen LogP contribution in [0.4, 0.5) is 4.79 Å². The van der Waals surface area contributed by atoms with Gasteiger partial charge in [0.15, 0.2) is 0 Å². The minimum atomic E-state index is -3.79. The van der Waals surface area contributed by atoms with Gasteiger partial charge in [0.25, 0.3) is 10.0 Å². The summed E-state index contributed by atoms with van der Waals surface area (Å²) in [7, 11) is -3.79. The van der Waals surface area contributed by atoms with Crippen LogP contribution in [-0.4, -0.2) is 21.0 Å². The number of benzene rings is 1. The van der Waals surface area contributed by atoms with Gasteiger partial charge in [0.2, 0.25) is 0 Å². The smallest absolute Gasteiger partial charge is 0.328 e. The van der Waals surface area contributed by atoms with Crippen molar-refractivity contribution in [2.24, 2.45) is 0 Å². The standard InChI is InChI=1S/C12H18N2O3S/c1-4-7-13-12(15)14-18(16,17)11-6-5-9(2)10(3)8-11/h5-6,8H,4,7H2,1-3H3,(H2,13,14,15). The molecule has 0 fully saturated rings. The molecule has 0 radical (unpaired) electrons. The van der Waals surface area contributed by atoms with Gasteiger partial charge in [-0.3, -0.25) is 0 Å². The van der Waals surface area contributed by atoms with Gasteiger partial charge in [-0.15, -0.1) is 0 Å². The zero-order valence-corrected chi connectivity index (χ0v) is 11.6. The molecule has 0 heterocycles. The van der Waals surface area contributed by atoms with Gasteiger partial charge in [-0.1, -0.05) is 13.0 Å². The fourth-order valence-corrected chi connectivity index (χ4v) is 2.35. The Bertz CT molecular complexity index is 538. The number of hydrogen-bond acceptors (Lipinski definition) is 3. The van der Waals surface area contributed by atoms with Crippen LogP contribution in [0.2, 0.25) is 0 Å². The zero-order chi connectivity index (χ0) is 13.8. The molecule has 2 amide bonds. The van der Waals surface area contributed by atoms with Gasteiger partial charge in [-0.05, 0) is 43.5 Å². The maximum Gasteiger partial charge on any atom is 0.328 e. The second-order valence-corrected chi connectivity index (χ2v) is 5.79. The van der Waals surface area contributed by atoms with Crippen LogP contribution in [0, 0.1) is 13.8 Å². The van der Waals surface area contributed by atoms with Gasteiger partial charge < -0.3 is 5.32 Å². The molecule has 18 heavy (non-hydrogen) atoms. The molecule has 100 valence electrons. The van der Waals surface area contributed by atoms with E-state index in [0.717, 1.165) is 17.5 Å². The van der Waals surface area contributed by atoms with Crippen molar-refractivity contribution in [2.75, 3.05) is 6.54 Å². The fraction of sp³-hybridized carbons (Fsp3) is 0.417. The molecule has 1 rings (SSSR count). The highest BCUT2D eigenvalue weighted by Crippen LogP contribution is 2.14. The van der Waals surface area contributed by atoms with Crippen LogP contribution >= 0.6 is 0 Å². The SMILES string of the molecule is CCCNC(=O)NS(=O)(=O)c1ccc(C)c(C)c1. The molecule has 0 unspecified atom stereocenters. The third-order valence-electron chi connectivity index (χ3n) is 2.55. The van der Waals surface area contributed by atoms with Crippen molar-refractivity contribution < 1.29 is 13.2 Å². The lowest BCUT2D eigenvalue weighted by atomic mass is 10.1. The molecule has 0 bridgehead atoms. The van der Waals surface area contributed by atoms with E-state index in [-0.39, 0.29) is 4.90 Å². The third kappa shape index (κ3) is 3.73. The number of carbonyl (C=O) groups excluding carboxylic acids is 1. The lowest BCUT2D eigenvalue weighted by Crippen LogP contribution is -2.39. The third-order valence-corrected chi connectivity index (χ3v) is 3.88. The number of aryl methyl sites for hydroxylation is 2. The van der Waals surface area contributed by atoms with Gasteiger partial charge >= 0.3 is 6.03 Å². The normalized spacial score (nSPS) is 11.1. The number of amides is 2. The predicted octanol–water partition coefficient (Wildman–Crippen LogP) is 1.70. The van der Waals surface area contributed by atoms with E-state index in [9.17, 15) is 13.2 Å². The van der Waals surface area contributed by atoms with Gasteiger partial charge in [0.05, 0.1) is 4.90 Å². The van der Waals surface area contributed by atoms with Crippen molar-refractivity contribution in [2.45, 2.75) is 32.1 Å². The zero-order valence-electron chi connectivity index (χ0n) is 10.8. The van der Waals surface area contributed by atoms with E-state index in [0.29, 0.717) is 6.54 Å². The summed E-state index contributed by atoms with van der Waals surface area (Å²) in [4.78, 5) is 11.4. The number of carbonyl (C=O) groups is 1. The summed E-state index contributed by atoms with van der Waals surface area (Å²) in [5, 5.41) is 2.45. The fourth-order valence-electron chi connectivity index (χ4n) is 1.34. The number of sulfonamides is 1. The molecule has 0 atom stereocenters. The summed E-state index contributed by atoms with van der Waals surface area (Å²) in [6.07, 6.45) is 0.747. The van der Waals surface area contributed by atoms with Crippen molar-refractivity contribution in [1.29, 1.82) is 0 Å². The second kappa shape index (κ2) is 5.86. The van der Waals surface area contributed by atoms with E-state index >= 15 is 0 Å². The van der Waals surface area contributed by atoms with E-state index in [1.165, 1.54) is 6.07 Å². The van der Waals surface area contributed by atoms with Gasteiger partial charge in [-0.25, -0.2) is 17.9 Å². The minimum Gasteiger partial charge on any atom is -0.337 e. The first-order valence-electron chi connectivity index (χ1n) is 5.74. The van der Waals surface area contributed by atoms with Crippen molar-refractivity contribution >= 4 is 16.1 Å². The summed E-state index contributed by atoms with van der Waals surface area (Å²) in [6, 6.07) is 4.05. The molecule has 0 saturated heterocycles. The van der Waals surface area contributed by atoms with Crippen LogP contribution in [0.15, 0.2) is 23.1 Å². The Morgan fingerprint density at radius 1 is 1.22 bits per heavy atom. The quantitative estimate of drug-likeness (QED) is 0.874. The number of nitrogens with one attached hydrogen (secondary N) is 2. The van der Waals surface area contributed by atoms with E-state index in [4.69, 9.17) is 0 Å². The van der Waals surface area contributed by atoms with Crippen LogP contribution < -0.4 is 10.0 Å². The molecular weight excluding hydrogens is 252 g/mol. The molecule has 2 N–H and O–H groups in total. The van der Waals surface area contributed by atoms with Crippen LogP contribution in [-0.2, 0) is 10.0 Å². The van der Waals surface area contributed by atoms with Crippen LogP contribution in [0.5, 0.6) is 0 Å². The molecule has 0 aromatic heterocycles. The molecule has 1 aromatic rings. The second-order valence-electron chi connectivity index (χ2n) is 4.11. The molecule has 0 spiro atoms. The van der Waals surface area contributed by atoms with Crippen molar-refractivity contribution in [3.63, 3.8) is 0 Å². The lowest BCUT2D eigenvalue weighted by Gasteiger charge is -2.09.